The topological polar surface area (TPSA) is 38.2 Å². The van der Waals surface area contributed by atoms with Crippen molar-refractivity contribution in [1.29, 1.82) is 0 Å². The highest BCUT2D eigenvalue weighted by Crippen LogP contribution is 2.18. The number of hydrogen-bond donors (Lipinski definition) is 0. The van der Waals surface area contributed by atoms with E-state index in [0.717, 1.165) is 30.4 Å². The molecule has 0 aliphatic rings. The second-order valence-corrected chi connectivity index (χ2v) is 5.14. The summed E-state index contributed by atoms with van der Waals surface area (Å²) in [6.45, 7) is 8.36. The van der Waals surface area contributed by atoms with Crippen molar-refractivity contribution in [2.24, 2.45) is 0 Å². The summed E-state index contributed by atoms with van der Waals surface area (Å²) in [5, 5.41) is 0.654. The van der Waals surface area contributed by atoms with Crippen molar-refractivity contribution in [2.45, 2.75) is 27.4 Å². The zero-order chi connectivity index (χ0) is 15.2. The summed E-state index contributed by atoms with van der Waals surface area (Å²) in [7, 11) is 0. The van der Waals surface area contributed by atoms with Crippen molar-refractivity contribution in [3.8, 4) is 5.75 Å². The fourth-order valence-corrected chi connectivity index (χ4v) is 2.27. The van der Waals surface area contributed by atoms with E-state index in [2.05, 4.69) is 28.7 Å². The molecule has 2 aromatic rings. The summed E-state index contributed by atoms with van der Waals surface area (Å²) in [6, 6.07) is 9.32. The molecule has 0 N–H and O–H groups in total. The third kappa shape index (κ3) is 5.04. The van der Waals surface area contributed by atoms with Crippen LogP contribution in [-0.2, 0) is 6.61 Å². The molecular weight excluding hydrogens is 321 g/mol. The van der Waals surface area contributed by atoms with Crippen molar-refractivity contribution >= 4 is 29.8 Å². The molecule has 0 fully saturated rings. The van der Waals surface area contributed by atoms with Gasteiger partial charge in [-0.25, -0.2) is 9.97 Å². The molecule has 0 aliphatic carbocycles. The standard InChI is InChI=1S/C16H20ClN3O.ClH/c1-4-20(5-2)16-9-12(3)18-15(19-16)11-21-14-8-6-7-13(17)10-14;/h6-10H,4-5,11H2,1-3H3;1H. The van der Waals surface area contributed by atoms with Crippen molar-refractivity contribution in [3.05, 3.63) is 46.9 Å². The lowest BCUT2D eigenvalue weighted by molar-refractivity contribution is 0.295. The van der Waals surface area contributed by atoms with Crippen LogP contribution >= 0.6 is 24.0 Å². The van der Waals surface area contributed by atoms with E-state index in [1.807, 2.05) is 31.2 Å². The Morgan fingerprint density at radius 1 is 1.14 bits per heavy atom. The van der Waals surface area contributed by atoms with Crippen LogP contribution in [0.25, 0.3) is 0 Å². The number of halogens is 2. The molecule has 4 nitrogen and oxygen atoms in total. The fourth-order valence-electron chi connectivity index (χ4n) is 2.09. The number of rotatable bonds is 6. The average molecular weight is 342 g/mol. The van der Waals surface area contributed by atoms with Gasteiger partial charge in [-0.1, -0.05) is 17.7 Å². The number of aryl methyl sites for hydroxylation is 1. The Bertz CT molecular complexity index is 604. The molecule has 0 spiro atoms. The van der Waals surface area contributed by atoms with Crippen molar-refractivity contribution < 1.29 is 4.74 Å². The summed E-state index contributed by atoms with van der Waals surface area (Å²) >= 11 is 5.94. The Balaban J connectivity index is 0.00000242. The number of hydrogen-bond acceptors (Lipinski definition) is 4. The lowest BCUT2D eigenvalue weighted by atomic mass is 10.3. The van der Waals surface area contributed by atoms with Crippen molar-refractivity contribution in [1.82, 2.24) is 9.97 Å². The van der Waals surface area contributed by atoms with Gasteiger partial charge in [-0.3, -0.25) is 0 Å². The Morgan fingerprint density at radius 2 is 1.86 bits per heavy atom. The predicted octanol–water partition coefficient (Wildman–Crippen LogP) is 4.29. The molecule has 6 heteroatoms. The van der Waals surface area contributed by atoms with Gasteiger partial charge >= 0.3 is 0 Å². The van der Waals surface area contributed by atoms with Crippen LogP contribution in [0.4, 0.5) is 5.82 Å². The largest absolute Gasteiger partial charge is 0.486 e. The molecule has 0 saturated carbocycles. The monoisotopic (exact) mass is 341 g/mol. The van der Waals surface area contributed by atoms with E-state index in [0.29, 0.717) is 17.5 Å². The lowest BCUT2D eigenvalue weighted by Gasteiger charge is -2.20. The van der Waals surface area contributed by atoms with E-state index in [9.17, 15) is 0 Å². The van der Waals surface area contributed by atoms with Gasteiger partial charge < -0.3 is 9.64 Å². The third-order valence-electron chi connectivity index (χ3n) is 3.14. The molecule has 0 saturated heterocycles. The van der Waals surface area contributed by atoms with Gasteiger partial charge in [-0.2, -0.15) is 0 Å². The van der Waals surface area contributed by atoms with Gasteiger partial charge in [0.1, 0.15) is 18.2 Å². The predicted molar refractivity (Wildman–Crippen MR) is 93.4 cm³/mol. The van der Waals surface area contributed by atoms with Crippen LogP contribution < -0.4 is 9.64 Å². The molecule has 0 bridgehead atoms. The van der Waals surface area contributed by atoms with Crippen LogP contribution in [0, 0.1) is 6.92 Å². The summed E-state index contributed by atoms with van der Waals surface area (Å²) in [5.74, 6) is 2.34. The minimum atomic E-state index is 0. The molecule has 2 rings (SSSR count). The molecule has 22 heavy (non-hydrogen) atoms. The van der Waals surface area contributed by atoms with E-state index in [4.69, 9.17) is 16.3 Å². The van der Waals surface area contributed by atoms with E-state index >= 15 is 0 Å². The van der Waals surface area contributed by atoms with Crippen LogP contribution in [0.15, 0.2) is 30.3 Å². The van der Waals surface area contributed by atoms with Gasteiger partial charge in [0.05, 0.1) is 0 Å². The Hall–Kier alpha value is -1.52. The maximum absolute atomic E-state index is 5.94. The highest BCUT2D eigenvalue weighted by molar-refractivity contribution is 6.30. The number of nitrogens with zero attached hydrogens (tertiary/aromatic N) is 3. The SMILES string of the molecule is CCN(CC)c1cc(C)nc(COc2cccc(Cl)c2)n1.Cl. The van der Waals surface area contributed by atoms with Gasteiger partial charge in [0, 0.05) is 29.9 Å². The normalized spacial score (nSPS) is 10.0. The Morgan fingerprint density at radius 3 is 2.50 bits per heavy atom. The maximum Gasteiger partial charge on any atom is 0.168 e. The van der Waals surface area contributed by atoms with Crippen LogP contribution in [0.2, 0.25) is 5.02 Å². The zero-order valence-corrected chi connectivity index (χ0v) is 14.6. The van der Waals surface area contributed by atoms with Gasteiger partial charge in [-0.15, -0.1) is 12.4 Å². The van der Waals surface area contributed by atoms with Gasteiger partial charge in [0.15, 0.2) is 5.82 Å². The minimum Gasteiger partial charge on any atom is -0.486 e. The quantitative estimate of drug-likeness (QED) is 0.785. The second-order valence-electron chi connectivity index (χ2n) is 4.70. The number of ether oxygens (including phenoxy) is 1. The molecule has 0 unspecified atom stereocenters. The first-order chi connectivity index (χ1) is 10.1. The van der Waals surface area contributed by atoms with Gasteiger partial charge in [0.25, 0.3) is 0 Å². The molecular formula is C16H21Cl2N3O. The first kappa shape index (κ1) is 18.5. The minimum absolute atomic E-state index is 0. The summed E-state index contributed by atoms with van der Waals surface area (Å²) < 4.78 is 5.70. The lowest BCUT2D eigenvalue weighted by Crippen LogP contribution is -2.24. The highest BCUT2D eigenvalue weighted by atomic mass is 35.5. The molecule has 0 aliphatic heterocycles. The smallest absolute Gasteiger partial charge is 0.168 e. The summed E-state index contributed by atoms with van der Waals surface area (Å²) in [5.41, 5.74) is 0.941. The van der Waals surface area contributed by atoms with E-state index in [1.165, 1.54) is 0 Å². The third-order valence-corrected chi connectivity index (χ3v) is 3.37. The van der Waals surface area contributed by atoms with Gasteiger partial charge in [-0.05, 0) is 39.0 Å². The average Bonchev–Trinajstić information content (AvgIpc) is 2.46. The first-order valence-corrected chi connectivity index (χ1v) is 7.48. The summed E-state index contributed by atoms with van der Waals surface area (Å²) in [6.07, 6.45) is 0. The second kappa shape index (κ2) is 8.81. The highest BCUT2D eigenvalue weighted by Gasteiger charge is 2.08. The van der Waals surface area contributed by atoms with E-state index in [-0.39, 0.29) is 12.4 Å². The molecule has 0 amide bonds. The molecule has 1 heterocycles. The van der Waals surface area contributed by atoms with E-state index in [1.54, 1.807) is 6.07 Å². The zero-order valence-electron chi connectivity index (χ0n) is 13.0. The molecule has 0 atom stereocenters. The number of anilines is 1. The molecule has 0 radical (unpaired) electrons. The summed E-state index contributed by atoms with van der Waals surface area (Å²) in [4.78, 5) is 11.2. The van der Waals surface area contributed by atoms with Crippen LogP contribution in [0.3, 0.4) is 0 Å². The molecule has 1 aromatic heterocycles. The van der Waals surface area contributed by atoms with Crippen LogP contribution in [-0.4, -0.2) is 23.1 Å². The first-order valence-electron chi connectivity index (χ1n) is 7.10. The molecule has 120 valence electrons. The Kier molecular flexibility index (Phi) is 7.42. The van der Waals surface area contributed by atoms with Crippen molar-refractivity contribution in [2.75, 3.05) is 18.0 Å². The maximum atomic E-state index is 5.94. The van der Waals surface area contributed by atoms with E-state index < -0.39 is 0 Å². The van der Waals surface area contributed by atoms with Gasteiger partial charge in [0.2, 0.25) is 0 Å². The Labute approximate surface area is 142 Å². The number of benzene rings is 1. The molecule has 1 aromatic carbocycles. The van der Waals surface area contributed by atoms with Crippen LogP contribution in [0.1, 0.15) is 25.4 Å². The van der Waals surface area contributed by atoms with Crippen LogP contribution in [0.5, 0.6) is 5.75 Å². The van der Waals surface area contributed by atoms with Crippen molar-refractivity contribution in [3.63, 3.8) is 0 Å². The number of aromatic nitrogens is 2. The fraction of sp³-hybridized carbons (Fsp3) is 0.375.